The Bertz CT molecular complexity index is 318. The Morgan fingerprint density at radius 3 is 2.38 bits per heavy atom. The number of benzene rings is 1. The van der Waals surface area contributed by atoms with Gasteiger partial charge in [0.05, 0.1) is 0 Å². The topological polar surface area (TPSA) is 20.2 Å². The van der Waals surface area contributed by atoms with Gasteiger partial charge in [-0.3, -0.25) is 0 Å². The number of phenolic OH excluding ortho intramolecular Hbond substituents is 1. The molecule has 0 atom stereocenters. The second kappa shape index (κ2) is 3.25. The van der Waals surface area contributed by atoms with E-state index < -0.39 is 0 Å². The molecule has 1 nitrogen and oxygen atoms in total. The van der Waals surface area contributed by atoms with Crippen LogP contribution in [0.4, 0.5) is 0 Å². The lowest BCUT2D eigenvalue weighted by Crippen LogP contribution is -2.12. The second-order valence-corrected chi connectivity index (χ2v) is 4.23. The van der Waals surface area contributed by atoms with Gasteiger partial charge in [-0.05, 0) is 28.7 Å². The van der Waals surface area contributed by atoms with Gasteiger partial charge in [-0.15, -0.1) is 0 Å². The maximum Gasteiger partial charge on any atom is 0.115 e. The highest BCUT2D eigenvalue weighted by molar-refractivity contribution is 5.55. The van der Waals surface area contributed by atoms with Crippen LogP contribution < -0.4 is 0 Å². The van der Waals surface area contributed by atoms with Gasteiger partial charge in [0.2, 0.25) is 0 Å². The average molecular weight is 176 g/mol. The van der Waals surface area contributed by atoms with E-state index in [1.165, 1.54) is 0 Å². The van der Waals surface area contributed by atoms with Gasteiger partial charge in [-0.2, -0.15) is 0 Å². The predicted molar refractivity (Wildman–Crippen MR) is 56.9 cm³/mol. The molecule has 0 saturated carbocycles. The number of hydrogen-bond donors (Lipinski definition) is 1. The van der Waals surface area contributed by atoms with E-state index in [2.05, 4.69) is 27.4 Å². The standard InChI is InChI=1S/C12H16O/c1-5-9-6-7-10(13)8-11(9)12(2,3)4/h5-8,13H,1H2,2-4H3. The number of hydrogen-bond acceptors (Lipinski definition) is 1. The summed E-state index contributed by atoms with van der Waals surface area (Å²) in [6.45, 7) is 10.1. The van der Waals surface area contributed by atoms with Gasteiger partial charge in [-0.25, -0.2) is 0 Å². The van der Waals surface area contributed by atoms with E-state index in [9.17, 15) is 5.11 Å². The molecule has 1 aromatic carbocycles. The first-order valence-electron chi connectivity index (χ1n) is 4.41. The van der Waals surface area contributed by atoms with E-state index in [1.54, 1.807) is 12.1 Å². The van der Waals surface area contributed by atoms with E-state index in [0.29, 0.717) is 5.75 Å². The Balaban J connectivity index is 3.32. The SMILES string of the molecule is C=Cc1ccc(O)cc1C(C)(C)C. The summed E-state index contributed by atoms with van der Waals surface area (Å²) in [5.74, 6) is 0.315. The Labute approximate surface area is 79.7 Å². The Hall–Kier alpha value is -1.24. The number of aromatic hydroxyl groups is 1. The lowest BCUT2D eigenvalue weighted by molar-refractivity contribution is 0.471. The monoisotopic (exact) mass is 176 g/mol. The first kappa shape index (κ1) is 9.85. The zero-order valence-electron chi connectivity index (χ0n) is 8.46. The molecule has 13 heavy (non-hydrogen) atoms. The molecular formula is C12H16O. The molecule has 0 bridgehead atoms. The third-order valence-electron chi connectivity index (χ3n) is 2.06. The van der Waals surface area contributed by atoms with Crippen molar-refractivity contribution in [2.24, 2.45) is 0 Å². The van der Waals surface area contributed by atoms with Gasteiger partial charge < -0.3 is 5.11 Å². The van der Waals surface area contributed by atoms with Crippen molar-refractivity contribution >= 4 is 6.08 Å². The maximum absolute atomic E-state index is 9.36. The summed E-state index contributed by atoms with van der Waals surface area (Å²) in [5, 5.41) is 9.36. The van der Waals surface area contributed by atoms with Crippen molar-refractivity contribution in [3.63, 3.8) is 0 Å². The Morgan fingerprint density at radius 2 is 1.92 bits per heavy atom. The van der Waals surface area contributed by atoms with Gasteiger partial charge in [0, 0.05) is 0 Å². The highest BCUT2D eigenvalue weighted by Gasteiger charge is 2.16. The van der Waals surface area contributed by atoms with Crippen LogP contribution in [-0.4, -0.2) is 5.11 Å². The summed E-state index contributed by atoms with van der Waals surface area (Å²) in [4.78, 5) is 0. The lowest BCUT2D eigenvalue weighted by Gasteiger charge is -2.21. The molecule has 0 aliphatic rings. The van der Waals surface area contributed by atoms with E-state index in [1.807, 2.05) is 12.1 Å². The molecule has 0 fully saturated rings. The molecule has 0 saturated heterocycles. The lowest BCUT2D eigenvalue weighted by atomic mass is 9.83. The van der Waals surface area contributed by atoms with Crippen molar-refractivity contribution in [2.45, 2.75) is 26.2 Å². The quantitative estimate of drug-likeness (QED) is 0.695. The fourth-order valence-electron chi connectivity index (χ4n) is 1.37. The van der Waals surface area contributed by atoms with E-state index >= 15 is 0 Å². The van der Waals surface area contributed by atoms with Crippen LogP contribution in [0.15, 0.2) is 24.8 Å². The smallest absolute Gasteiger partial charge is 0.115 e. The summed E-state index contributed by atoms with van der Waals surface area (Å²) >= 11 is 0. The van der Waals surface area contributed by atoms with Crippen LogP contribution in [0.1, 0.15) is 31.9 Å². The second-order valence-electron chi connectivity index (χ2n) is 4.23. The molecule has 1 rings (SSSR count). The number of rotatable bonds is 1. The zero-order chi connectivity index (χ0) is 10.1. The van der Waals surface area contributed by atoms with Gasteiger partial charge in [-0.1, -0.05) is 39.5 Å². The van der Waals surface area contributed by atoms with E-state index in [0.717, 1.165) is 11.1 Å². The van der Waals surface area contributed by atoms with Crippen molar-refractivity contribution < 1.29 is 5.11 Å². The molecule has 1 N–H and O–H groups in total. The van der Waals surface area contributed by atoms with Crippen LogP contribution in [0.25, 0.3) is 6.08 Å². The van der Waals surface area contributed by atoms with Crippen LogP contribution in [-0.2, 0) is 5.41 Å². The van der Waals surface area contributed by atoms with Crippen LogP contribution in [0.3, 0.4) is 0 Å². The maximum atomic E-state index is 9.36. The Kier molecular flexibility index (Phi) is 2.46. The minimum Gasteiger partial charge on any atom is -0.508 e. The van der Waals surface area contributed by atoms with Crippen LogP contribution in [0.5, 0.6) is 5.75 Å². The first-order valence-corrected chi connectivity index (χ1v) is 4.41. The highest BCUT2D eigenvalue weighted by atomic mass is 16.3. The van der Waals surface area contributed by atoms with Gasteiger partial charge in [0.15, 0.2) is 0 Å². The van der Waals surface area contributed by atoms with E-state index in [-0.39, 0.29) is 5.41 Å². The van der Waals surface area contributed by atoms with Gasteiger partial charge in [0.1, 0.15) is 5.75 Å². The molecule has 1 heteroatoms. The molecular weight excluding hydrogens is 160 g/mol. The van der Waals surface area contributed by atoms with Crippen LogP contribution >= 0.6 is 0 Å². The molecule has 0 aromatic heterocycles. The van der Waals surface area contributed by atoms with Crippen LogP contribution in [0.2, 0.25) is 0 Å². The summed E-state index contributed by atoms with van der Waals surface area (Å²) in [6, 6.07) is 5.38. The molecule has 0 amide bonds. The minimum absolute atomic E-state index is 0.0439. The predicted octanol–water partition coefficient (Wildman–Crippen LogP) is 3.33. The summed E-state index contributed by atoms with van der Waals surface area (Å²) in [5.41, 5.74) is 2.26. The number of phenols is 1. The van der Waals surface area contributed by atoms with Crippen LogP contribution in [0, 0.1) is 0 Å². The highest BCUT2D eigenvalue weighted by Crippen LogP contribution is 2.29. The van der Waals surface area contributed by atoms with Crippen molar-refractivity contribution in [1.29, 1.82) is 0 Å². The molecule has 70 valence electrons. The van der Waals surface area contributed by atoms with Crippen molar-refractivity contribution in [2.75, 3.05) is 0 Å². The molecule has 0 heterocycles. The Morgan fingerprint density at radius 1 is 1.31 bits per heavy atom. The summed E-state index contributed by atoms with van der Waals surface area (Å²) in [7, 11) is 0. The van der Waals surface area contributed by atoms with Crippen molar-refractivity contribution in [3.05, 3.63) is 35.9 Å². The normalized spacial score (nSPS) is 11.3. The molecule has 0 aliphatic heterocycles. The molecule has 0 unspecified atom stereocenters. The third kappa shape index (κ3) is 2.11. The molecule has 0 aliphatic carbocycles. The summed E-state index contributed by atoms with van der Waals surface area (Å²) in [6.07, 6.45) is 1.82. The van der Waals surface area contributed by atoms with Gasteiger partial charge in [0.25, 0.3) is 0 Å². The minimum atomic E-state index is 0.0439. The van der Waals surface area contributed by atoms with Gasteiger partial charge >= 0.3 is 0 Å². The average Bonchev–Trinajstić information content (AvgIpc) is 2.03. The van der Waals surface area contributed by atoms with E-state index in [4.69, 9.17) is 0 Å². The third-order valence-corrected chi connectivity index (χ3v) is 2.06. The largest absolute Gasteiger partial charge is 0.508 e. The van der Waals surface area contributed by atoms with Crippen molar-refractivity contribution in [1.82, 2.24) is 0 Å². The fourth-order valence-corrected chi connectivity index (χ4v) is 1.37. The fraction of sp³-hybridized carbons (Fsp3) is 0.333. The van der Waals surface area contributed by atoms with Crippen molar-refractivity contribution in [3.8, 4) is 5.75 Å². The summed E-state index contributed by atoms with van der Waals surface area (Å²) < 4.78 is 0. The molecule has 0 spiro atoms. The molecule has 0 radical (unpaired) electrons. The first-order chi connectivity index (χ1) is 5.95. The molecule has 1 aromatic rings. The zero-order valence-corrected chi connectivity index (χ0v) is 8.46.